The summed E-state index contributed by atoms with van der Waals surface area (Å²) < 4.78 is 7.06. The number of benzene rings is 1. The molecule has 0 aliphatic carbocycles. The summed E-state index contributed by atoms with van der Waals surface area (Å²) in [5.74, 6) is 0.518. The number of hydrogen-bond acceptors (Lipinski definition) is 6. The lowest BCUT2D eigenvalue weighted by Gasteiger charge is -2.07. The lowest BCUT2D eigenvalue weighted by Crippen LogP contribution is -2.15. The predicted molar refractivity (Wildman–Crippen MR) is 73.6 cm³/mol. The molecule has 110 valence electrons. The Morgan fingerprint density at radius 1 is 1.48 bits per heavy atom. The number of nitrogens with zero attached hydrogens (tertiary/aromatic N) is 4. The van der Waals surface area contributed by atoms with Crippen LogP contribution in [0.1, 0.15) is 11.3 Å². The average molecular weight is 291 g/mol. The summed E-state index contributed by atoms with van der Waals surface area (Å²) in [4.78, 5) is 10.1. The van der Waals surface area contributed by atoms with Gasteiger partial charge in [0.05, 0.1) is 10.6 Å². The first-order valence-corrected chi connectivity index (χ1v) is 5.88. The van der Waals surface area contributed by atoms with Crippen molar-refractivity contribution in [2.45, 2.75) is 6.92 Å². The third-order valence-corrected chi connectivity index (χ3v) is 2.80. The Hall–Kier alpha value is -3.10. The summed E-state index contributed by atoms with van der Waals surface area (Å²) in [5, 5.41) is 26.5. The number of nitro benzene ring substituents is 1. The molecule has 0 saturated carbocycles. The third kappa shape index (κ3) is 2.76. The van der Waals surface area contributed by atoms with Gasteiger partial charge in [-0.15, -0.1) is 0 Å². The first kappa shape index (κ1) is 14.3. The van der Waals surface area contributed by atoms with Crippen molar-refractivity contribution in [3.63, 3.8) is 0 Å². The molecular weight excluding hydrogens is 278 g/mol. The van der Waals surface area contributed by atoms with Gasteiger partial charge in [0.2, 0.25) is 5.88 Å². The predicted octanol–water partition coefficient (Wildman–Crippen LogP) is 1.52. The second-order valence-electron chi connectivity index (χ2n) is 4.23. The van der Waals surface area contributed by atoms with E-state index in [1.165, 1.54) is 28.9 Å². The van der Waals surface area contributed by atoms with Crippen molar-refractivity contribution in [1.82, 2.24) is 9.78 Å². The zero-order chi connectivity index (χ0) is 15.6. The van der Waals surface area contributed by atoms with Crippen LogP contribution in [0.2, 0.25) is 0 Å². The summed E-state index contributed by atoms with van der Waals surface area (Å²) >= 11 is 0. The number of nitro groups is 1. The molecule has 0 amide bonds. The van der Waals surface area contributed by atoms with Gasteiger partial charge in [0.25, 0.3) is 5.69 Å². The topological polar surface area (TPSA) is 129 Å². The van der Waals surface area contributed by atoms with Gasteiger partial charge in [0.15, 0.2) is 5.84 Å². The molecule has 0 fully saturated rings. The Labute approximate surface area is 119 Å². The van der Waals surface area contributed by atoms with Crippen LogP contribution in [-0.4, -0.2) is 25.7 Å². The van der Waals surface area contributed by atoms with Gasteiger partial charge in [-0.3, -0.25) is 10.1 Å². The fourth-order valence-electron chi connectivity index (χ4n) is 1.85. The molecule has 0 unspecified atom stereocenters. The summed E-state index contributed by atoms with van der Waals surface area (Å²) in [6, 6.07) is 5.55. The molecule has 9 heteroatoms. The highest BCUT2D eigenvalue weighted by atomic mass is 16.6. The van der Waals surface area contributed by atoms with Crippen LogP contribution in [-0.2, 0) is 7.05 Å². The number of hydrogen-bond donors (Lipinski definition) is 2. The number of non-ortho nitro benzene ring substituents is 1. The van der Waals surface area contributed by atoms with Crippen molar-refractivity contribution in [3.8, 4) is 11.6 Å². The van der Waals surface area contributed by atoms with Gasteiger partial charge in [-0.1, -0.05) is 5.16 Å². The molecule has 1 aromatic carbocycles. The van der Waals surface area contributed by atoms with Gasteiger partial charge in [-0.2, -0.15) is 5.10 Å². The summed E-state index contributed by atoms with van der Waals surface area (Å²) in [5.41, 5.74) is 6.45. The van der Waals surface area contributed by atoms with E-state index < -0.39 is 4.92 Å². The standard InChI is InChI=1S/C12H13N5O4/c1-7-10(11(13)15-18)12(16(2)14-7)21-9-5-3-8(4-6-9)17(19)20/h3-6,18H,1-2H3,(H2,13,15). The maximum Gasteiger partial charge on any atom is 0.269 e. The van der Waals surface area contributed by atoms with Crippen LogP contribution in [0.5, 0.6) is 11.6 Å². The zero-order valence-corrected chi connectivity index (χ0v) is 11.3. The number of amidine groups is 1. The molecule has 0 bridgehead atoms. The van der Waals surface area contributed by atoms with Crippen molar-refractivity contribution in [3.05, 3.63) is 45.6 Å². The van der Waals surface area contributed by atoms with E-state index in [9.17, 15) is 10.1 Å². The van der Waals surface area contributed by atoms with Crippen molar-refractivity contribution in [1.29, 1.82) is 0 Å². The van der Waals surface area contributed by atoms with E-state index >= 15 is 0 Å². The van der Waals surface area contributed by atoms with Crippen molar-refractivity contribution >= 4 is 11.5 Å². The Morgan fingerprint density at radius 3 is 2.62 bits per heavy atom. The van der Waals surface area contributed by atoms with E-state index in [-0.39, 0.29) is 17.4 Å². The van der Waals surface area contributed by atoms with Crippen LogP contribution in [0.4, 0.5) is 5.69 Å². The van der Waals surface area contributed by atoms with Gasteiger partial charge in [-0.25, -0.2) is 4.68 Å². The monoisotopic (exact) mass is 291 g/mol. The molecule has 0 aliphatic heterocycles. The first-order chi connectivity index (χ1) is 9.93. The van der Waals surface area contributed by atoms with Crippen molar-refractivity contribution in [2.75, 3.05) is 0 Å². The van der Waals surface area contributed by atoms with Crippen LogP contribution >= 0.6 is 0 Å². The highest BCUT2D eigenvalue weighted by Gasteiger charge is 2.19. The van der Waals surface area contributed by atoms with E-state index in [4.69, 9.17) is 15.7 Å². The Bertz CT molecular complexity index is 705. The Kier molecular flexibility index (Phi) is 3.74. The number of nitrogens with two attached hydrogens (primary N) is 1. The van der Waals surface area contributed by atoms with Gasteiger partial charge in [0.1, 0.15) is 11.3 Å². The minimum Gasteiger partial charge on any atom is -0.438 e. The second-order valence-corrected chi connectivity index (χ2v) is 4.23. The summed E-state index contributed by atoms with van der Waals surface area (Å²) in [6.07, 6.45) is 0. The molecular formula is C12H13N5O4. The first-order valence-electron chi connectivity index (χ1n) is 5.88. The quantitative estimate of drug-likeness (QED) is 0.289. The van der Waals surface area contributed by atoms with Crippen LogP contribution in [0.25, 0.3) is 0 Å². The maximum atomic E-state index is 10.6. The van der Waals surface area contributed by atoms with Crippen molar-refractivity contribution in [2.24, 2.45) is 17.9 Å². The molecule has 2 aromatic rings. The zero-order valence-electron chi connectivity index (χ0n) is 11.3. The minimum atomic E-state index is -0.500. The molecule has 2 rings (SSSR count). The normalized spacial score (nSPS) is 11.4. The Morgan fingerprint density at radius 2 is 2.10 bits per heavy atom. The molecule has 0 spiro atoms. The van der Waals surface area contributed by atoms with Gasteiger partial charge < -0.3 is 15.7 Å². The molecule has 0 atom stereocenters. The Balaban J connectivity index is 2.37. The number of aromatic nitrogens is 2. The van der Waals surface area contributed by atoms with Gasteiger partial charge >= 0.3 is 0 Å². The average Bonchev–Trinajstić information content (AvgIpc) is 2.73. The lowest BCUT2D eigenvalue weighted by atomic mass is 10.2. The van der Waals surface area contributed by atoms with Crippen molar-refractivity contribution < 1.29 is 14.9 Å². The summed E-state index contributed by atoms with van der Waals surface area (Å²) in [7, 11) is 1.64. The molecule has 1 aromatic heterocycles. The largest absolute Gasteiger partial charge is 0.438 e. The van der Waals surface area contributed by atoms with Gasteiger partial charge in [-0.05, 0) is 19.1 Å². The number of oxime groups is 1. The minimum absolute atomic E-state index is 0.0415. The van der Waals surface area contributed by atoms with E-state index in [1.807, 2.05) is 0 Å². The molecule has 9 nitrogen and oxygen atoms in total. The number of aryl methyl sites for hydroxylation is 2. The van der Waals surface area contributed by atoms with Crippen LogP contribution in [0, 0.1) is 17.0 Å². The molecule has 1 heterocycles. The van der Waals surface area contributed by atoms with E-state index in [2.05, 4.69) is 10.3 Å². The lowest BCUT2D eigenvalue weighted by molar-refractivity contribution is -0.384. The van der Waals surface area contributed by atoms with Gasteiger partial charge in [0, 0.05) is 19.2 Å². The van der Waals surface area contributed by atoms with Crippen LogP contribution in [0.15, 0.2) is 29.4 Å². The molecule has 21 heavy (non-hydrogen) atoms. The molecule has 0 aliphatic rings. The number of rotatable bonds is 4. The fraction of sp³-hybridized carbons (Fsp3) is 0.167. The highest BCUT2D eigenvalue weighted by Crippen LogP contribution is 2.28. The second kappa shape index (κ2) is 5.49. The highest BCUT2D eigenvalue weighted by molar-refractivity contribution is 6.00. The van der Waals surface area contributed by atoms with E-state index in [0.29, 0.717) is 17.0 Å². The maximum absolute atomic E-state index is 10.6. The third-order valence-electron chi connectivity index (χ3n) is 2.80. The SMILES string of the molecule is Cc1nn(C)c(Oc2ccc([N+](=O)[O-])cc2)c1C(N)=NO. The number of ether oxygens (including phenoxy) is 1. The fourth-order valence-corrected chi connectivity index (χ4v) is 1.85. The van der Waals surface area contributed by atoms with E-state index in [0.717, 1.165) is 0 Å². The molecule has 0 saturated heterocycles. The molecule has 3 N–H and O–H groups in total. The summed E-state index contributed by atoms with van der Waals surface area (Å²) in [6.45, 7) is 1.69. The van der Waals surface area contributed by atoms with Crippen LogP contribution in [0.3, 0.4) is 0 Å². The smallest absolute Gasteiger partial charge is 0.269 e. The van der Waals surface area contributed by atoms with E-state index in [1.54, 1.807) is 14.0 Å². The van der Waals surface area contributed by atoms with Crippen LogP contribution < -0.4 is 10.5 Å². The molecule has 0 radical (unpaired) electrons.